The quantitative estimate of drug-likeness (QED) is 0.547. The first-order chi connectivity index (χ1) is 12.4. The highest BCUT2D eigenvalue weighted by atomic mass is 32.2. The Morgan fingerprint density at radius 3 is 2.30 bits per heavy atom. The largest absolute Gasteiger partial charge is 0.534 e. The molecule has 0 aromatic heterocycles. The predicted octanol–water partition coefficient (Wildman–Crippen LogP) is 3.06. The Hall–Kier alpha value is -1.59. The van der Waals surface area contributed by atoms with Crippen LogP contribution in [0.1, 0.15) is 31.2 Å². The van der Waals surface area contributed by atoms with Crippen molar-refractivity contribution in [3.8, 4) is 0 Å². The van der Waals surface area contributed by atoms with Crippen molar-refractivity contribution in [2.24, 2.45) is 0 Å². The van der Waals surface area contributed by atoms with E-state index in [9.17, 15) is 30.0 Å². The van der Waals surface area contributed by atoms with E-state index in [1.807, 2.05) is 0 Å². The topological polar surface area (TPSA) is 80.8 Å². The van der Waals surface area contributed by atoms with Gasteiger partial charge < -0.3 is 4.18 Å². The minimum Gasteiger partial charge on any atom is -0.379 e. The highest BCUT2D eigenvalue weighted by Gasteiger charge is 2.57. The second kappa shape index (κ2) is 6.49. The number of hydrogen-bond donors (Lipinski definition) is 0. The number of nitrogens with zero attached hydrogens (tertiary/aromatic N) is 1. The van der Waals surface area contributed by atoms with E-state index in [4.69, 9.17) is 0 Å². The Kier molecular flexibility index (Phi) is 4.84. The van der Waals surface area contributed by atoms with Gasteiger partial charge in [0.1, 0.15) is 5.76 Å². The lowest BCUT2D eigenvalue weighted by Crippen LogP contribution is -2.48. The molecular weight excluding hydrogens is 407 g/mol. The molecule has 1 aromatic rings. The van der Waals surface area contributed by atoms with Gasteiger partial charge in [0.05, 0.1) is 10.4 Å². The molecule has 1 atom stereocenters. The average Bonchev–Trinajstić information content (AvgIpc) is 3.15. The molecule has 1 spiro atoms. The van der Waals surface area contributed by atoms with E-state index in [2.05, 4.69) is 4.18 Å². The molecule has 0 N–H and O–H groups in total. The molecule has 0 bridgehead atoms. The first kappa shape index (κ1) is 20.2. The molecular formula is C16H18F3NO5S2. The number of alkyl halides is 3. The van der Waals surface area contributed by atoms with Crippen molar-refractivity contribution in [2.45, 2.75) is 48.5 Å². The molecule has 27 heavy (non-hydrogen) atoms. The molecule has 6 nitrogen and oxygen atoms in total. The molecule has 0 amide bonds. The number of hydrogen-bond acceptors (Lipinski definition) is 5. The van der Waals surface area contributed by atoms with E-state index in [0.29, 0.717) is 6.42 Å². The third kappa shape index (κ3) is 3.36. The third-order valence-electron chi connectivity index (χ3n) is 4.87. The number of halogens is 3. The summed E-state index contributed by atoms with van der Waals surface area (Å²) in [6.45, 7) is 1.87. The second-order valence-corrected chi connectivity index (χ2v) is 10.0. The molecule has 1 fully saturated rings. The van der Waals surface area contributed by atoms with E-state index < -0.39 is 36.9 Å². The number of rotatable bonds is 4. The Balaban J connectivity index is 1.99. The maximum Gasteiger partial charge on any atom is 0.534 e. The highest BCUT2D eigenvalue weighted by molar-refractivity contribution is 7.89. The number of aryl methyl sites for hydroxylation is 1. The minimum atomic E-state index is -5.87. The molecule has 0 unspecified atom stereocenters. The van der Waals surface area contributed by atoms with Crippen LogP contribution in [0.2, 0.25) is 0 Å². The van der Waals surface area contributed by atoms with Crippen LogP contribution in [0.5, 0.6) is 0 Å². The van der Waals surface area contributed by atoms with E-state index in [-0.39, 0.29) is 30.7 Å². The molecule has 0 radical (unpaired) electrons. The van der Waals surface area contributed by atoms with Gasteiger partial charge in [0.15, 0.2) is 0 Å². The van der Waals surface area contributed by atoms with Crippen LogP contribution in [-0.2, 0) is 24.3 Å². The van der Waals surface area contributed by atoms with E-state index in [0.717, 1.165) is 9.87 Å². The second-order valence-electron chi connectivity index (χ2n) is 6.62. The summed E-state index contributed by atoms with van der Waals surface area (Å²) in [7, 11) is -9.91. The summed E-state index contributed by atoms with van der Waals surface area (Å²) in [6.07, 6.45) is 2.20. The maximum atomic E-state index is 13.1. The van der Waals surface area contributed by atoms with Crippen molar-refractivity contribution in [1.29, 1.82) is 0 Å². The molecule has 11 heteroatoms. The summed E-state index contributed by atoms with van der Waals surface area (Å²) < 4.78 is 92.7. The molecule has 1 aliphatic heterocycles. The summed E-state index contributed by atoms with van der Waals surface area (Å²) >= 11 is 0. The molecule has 3 rings (SSSR count). The summed E-state index contributed by atoms with van der Waals surface area (Å²) in [6, 6.07) is 6.07. The molecule has 1 heterocycles. The third-order valence-corrected chi connectivity index (χ3v) is 7.81. The van der Waals surface area contributed by atoms with E-state index in [1.165, 1.54) is 18.2 Å². The summed E-state index contributed by atoms with van der Waals surface area (Å²) in [5.74, 6) is -0.465. The molecule has 0 saturated carbocycles. The summed E-state index contributed by atoms with van der Waals surface area (Å²) in [4.78, 5) is -0.000645. The monoisotopic (exact) mass is 425 g/mol. The Morgan fingerprint density at radius 1 is 1.07 bits per heavy atom. The van der Waals surface area contributed by atoms with Crippen LogP contribution in [0.25, 0.3) is 0 Å². The van der Waals surface area contributed by atoms with Crippen LogP contribution in [0.15, 0.2) is 41.0 Å². The van der Waals surface area contributed by atoms with Gasteiger partial charge in [-0.3, -0.25) is 0 Å². The minimum absolute atomic E-state index is 0.000645. The van der Waals surface area contributed by atoms with Crippen LogP contribution < -0.4 is 0 Å². The van der Waals surface area contributed by atoms with Gasteiger partial charge in [-0.05, 0) is 50.8 Å². The van der Waals surface area contributed by atoms with Crippen molar-refractivity contribution >= 4 is 20.1 Å². The average molecular weight is 425 g/mol. The Morgan fingerprint density at radius 2 is 1.70 bits per heavy atom. The fraction of sp³-hybridized carbons (Fsp3) is 0.500. The Labute approximate surface area is 155 Å². The number of benzene rings is 1. The SMILES string of the molecule is Cc1ccc(S(=O)(=O)N2CCC[C@@]23CCC=C3OS(=O)(=O)C(F)(F)F)cc1. The van der Waals surface area contributed by atoms with Crippen molar-refractivity contribution < 1.29 is 34.2 Å². The van der Waals surface area contributed by atoms with E-state index in [1.54, 1.807) is 19.1 Å². The van der Waals surface area contributed by atoms with Gasteiger partial charge in [-0.15, -0.1) is 0 Å². The zero-order chi connectivity index (χ0) is 20.1. The standard InChI is InChI=1S/C16H18F3NO5S2/c1-12-5-7-13(8-6-12)26(21,22)20-11-3-10-15(20)9-2-4-14(15)25-27(23,24)16(17,18)19/h4-8H,2-3,9-11H2,1H3/t15-/m1/s1. The van der Waals surface area contributed by atoms with Crippen molar-refractivity contribution in [3.05, 3.63) is 41.7 Å². The van der Waals surface area contributed by atoms with Crippen LogP contribution in [-0.4, -0.2) is 38.7 Å². The highest BCUT2D eigenvalue weighted by Crippen LogP contribution is 2.48. The van der Waals surface area contributed by atoms with Crippen LogP contribution in [0.3, 0.4) is 0 Å². The zero-order valence-corrected chi connectivity index (χ0v) is 16.0. The summed E-state index contributed by atoms with van der Waals surface area (Å²) in [5.41, 5.74) is -6.15. The van der Waals surface area contributed by atoms with Crippen LogP contribution in [0, 0.1) is 6.92 Å². The van der Waals surface area contributed by atoms with Gasteiger partial charge in [-0.1, -0.05) is 17.7 Å². The first-order valence-electron chi connectivity index (χ1n) is 8.21. The summed E-state index contributed by atoms with van der Waals surface area (Å²) in [5, 5.41) is 0. The Bertz CT molecular complexity index is 968. The lowest BCUT2D eigenvalue weighted by Gasteiger charge is -2.35. The van der Waals surface area contributed by atoms with Gasteiger partial charge in [-0.25, -0.2) is 8.42 Å². The normalized spacial score (nSPS) is 24.4. The van der Waals surface area contributed by atoms with Crippen molar-refractivity contribution in [3.63, 3.8) is 0 Å². The van der Waals surface area contributed by atoms with Crippen molar-refractivity contribution in [1.82, 2.24) is 4.31 Å². The first-order valence-corrected chi connectivity index (χ1v) is 11.1. The lowest BCUT2D eigenvalue weighted by molar-refractivity contribution is -0.0531. The smallest absolute Gasteiger partial charge is 0.379 e. The number of sulfonamides is 1. The van der Waals surface area contributed by atoms with Crippen LogP contribution in [0.4, 0.5) is 13.2 Å². The number of allylic oxidation sites excluding steroid dienone is 1. The van der Waals surface area contributed by atoms with Gasteiger partial charge in [0, 0.05) is 6.54 Å². The van der Waals surface area contributed by atoms with Gasteiger partial charge in [-0.2, -0.15) is 25.9 Å². The van der Waals surface area contributed by atoms with Crippen LogP contribution >= 0.6 is 0 Å². The van der Waals surface area contributed by atoms with Gasteiger partial charge in [0.25, 0.3) is 0 Å². The fourth-order valence-corrected chi connectivity index (χ4v) is 5.96. The molecule has 150 valence electrons. The predicted molar refractivity (Wildman–Crippen MR) is 90.4 cm³/mol. The molecule has 1 aliphatic carbocycles. The van der Waals surface area contributed by atoms with Gasteiger partial charge in [0.2, 0.25) is 10.0 Å². The van der Waals surface area contributed by atoms with Crippen molar-refractivity contribution in [2.75, 3.05) is 6.54 Å². The fourth-order valence-electron chi connectivity index (χ4n) is 3.57. The maximum absolute atomic E-state index is 13.1. The van der Waals surface area contributed by atoms with Gasteiger partial charge >= 0.3 is 15.6 Å². The van der Waals surface area contributed by atoms with E-state index >= 15 is 0 Å². The lowest BCUT2D eigenvalue weighted by atomic mass is 9.95. The molecule has 1 saturated heterocycles. The molecule has 2 aliphatic rings. The molecule has 1 aromatic carbocycles. The zero-order valence-electron chi connectivity index (χ0n) is 14.4.